The molecule has 0 saturated carbocycles. The minimum absolute atomic E-state index is 0. The molecular formula is C13H12ClFN6OS2. The molecule has 0 bridgehead atoms. The smallest absolute Gasteiger partial charge is 0.276 e. The fraction of sp³-hybridized carbons (Fsp3) is 0.0769. The van der Waals surface area contributed by atoms with E-state index in [9.17, 15) is 9.18 Å². The van der Waals surface area contributed by atoms with Gasteiger partial charge in [0, 0.05) is 10.9 Å². The van der Waals surface area contributed by atoms with Crippen molar-refractivity contribution < 1.29 is 9.18 Å². The Morgan fingerprint density at radius 1 is 1.33 bits per heavy atom. The van der Waals surface area contributed by atoms with Crippen molar-refractivity contribution in [2.45, 2.75) is 6.92 Å². The Bertz CT molecular complexity index is 934. The lowest BCUT2D eigenvalue weighted by atomic mass is 10.2. The average molecular weight is 387 g/mol. The minimum Gasteiger partial charge on any atom is -0.370 e. The molecule has 0 unspecified atom stereocenters. The zero-order valence-electron chi connectivity index (χ0n) is 12.2. The van der Waals surface area contributed by atoms with Crippen molar-refractivity contribution in [3.05, 3.63) is 34.6 Å². The van der Waals surface area contributed by atoms with Gasteiger partial charge in [-0.3, -0.25) is 10.1 Å². The van der Waals surface area contributed by atoms with Crippen molar-refractivity contribution in [3.63, 3.8) is 0 Å². The molecule has 11 heteroatoms. The molecule has 126 valence electrons. The van der Waals surface area contributed by atoms with Crippen LogP contribution in [0.3, 0.4) is 0 Å². The third-order valence-electron chi connectivity index (χ3n) is 2.92. The SMILES string of the molecule is Cc1c(F)ccc2sc(NC(=O)c3csc(N=C(N)N)n3)nc12.Cl. The molecule has 24 heavy (non-hydrogen) atoms. The first-order chi connectivity index (χ1) is 10.9. The van der Waals surface area contributed by atoms with Gasteiger partial charge in [-0.15, -0.1) is 23.7 Å². The number of amides is 1. The second-order valence-electron chi connectivity index (χ2n) is 4.54. The largest absolute Gasteiger partial charge is 0.370 e. The molecule has 0 radical (unpaired) electrons. The molecule has 1 amide bonds. The maximum Gasteiger partial charge on any atom is 0.276 e. The highest BCUT2D eigenvalue weighted by Gasteiger charge is 2.15. The van der Waals surface area contributed by atoms with Crippen molar-refractivity contribution >= 4 is 67.4 Å². The van der Waals surface area contributed by atoms with Crippen molar-refractivity contribution in [2.75, 3.05) is 5.32 Å². The van der Waals surface area contributed by atoms with Crippen LogP contribution in [0, 0.1) is 12.7 Å². The number of carbonyl (C=O) groups is 1. The monoisotopic (exact) mass is 386 g/mol. The molecule has 2 aromatic heterocycles. The predicted molar refractivity (Wildman–Crippen MR) is 97.1 cm³/mol. The molecule has 0 aliphatic heterocycles. The van der Waals surface area contributed by atoms with Crippen LogP contribution in [0.1, 0.15) is 16.1 Å². The highest BCUT2D eigenvalue weighted by molar-refractivity contribution is 7.22. The van der Waals surface area contributed by atoms with E-state index in [1.54, 1.807) is 13.0 Å². The van der Waals surface area contributed by atoms with Gasteiger partial charge in [0.25, 0.3) is 5.91 Å². The Labute approximate surface area is 150 Å². The number of hydrogen-bond acceptors (Lipinski definition) is 6. The van der Waals surface area contributed by atoms with Gasteiger partial charge in [-0.25, -0.2) is 14.4 Å². The van der Waals surface area contributed by atoms with Gasteiger partial charge in [0.1, 0.15) is 11.5 Å². The van der Waals surface area contributed by atoms with Crippen LogP contribution in [-0.4, -0.2) is 21.8 Å². The standard InChI is InChI=1S/C13H11FN6OS2.ClH/c1-5-6(14)2-3-8-9(5)18-13(23-8)19-10(21)7-4-22-12(17-7)20-11(15)16;/h2-4H,1H3,(H,18,19,21)(H4,15,16,17,20);1H. The maximum absolute atomic E-state index is 13.5. The highest BCUT2D eigenvalue weighted by Crippen LogP contribution is 2.29. The molecule has 1 aromatic carbocycles. The third kappa shape index (κ3) is 3.61. The van der Waals surface area contributed by atoms with E-state index >= 15 is 0 Å². The van der Waals surface area contributed by atoms with Gasteiger partial charge in [-0.2, -0.15) is 4.99 Å². The molecule has 3 rings (SSSR count). The summed E-state index contributed by atoms with van der Waals surface area (Å²) in [6.45, 7) is 1.64. The summed E-state index contributed by atoms with van der Waals surface area (Å²) in [5.74, 6) is -0.896. The Morgan fingerprint density at radius 3 is 2.79 bits per heavy atom. The zero-order chi connectivity index (χ0) is 16.6. The Balaban J connectivity index is 0.00000208. The van der Waals surface area contributed by atoms with E-state index in [0.29, 0.717) is 16.2 Å². The Hall–Kier alpha value is -2.30. The number of halogens is 2. The molecule has 7 nitrogen and oxygen atoms in total. The van der Waals surface area contributed by atoms with Crippen molar-refractivity contribution in [2.24, 2.45) is 16.5 Å². The molecular weight excluding hydrogens is 375 g/mol. The van der Waals surface area contributed by atoms with Crippen LogP contribution in [0.5, 0.6) is 0 Å². The number of nitrogens with zero attached hydrogens (tertiary/aromatic N) is 3. The molecule has 0 spiro atoms. The van der Waals surface area contributed by atoms with Crippen molar-refractivity contribution in [1.82, 2.24) is 9.97 Å². The summed E-state index contributed by atoms with van der Waals surface area (Å²) in [7, 11) is 0. The van der Waals surface area contributed by atoms with Gasteiger partial charge in [-0.1, -0.05) is 11.3 Å². The fourth-order valence-corrected chi connectivity index (χ4v) is 3.45. The van der Waals surface area contributed by atoms with E-state index in [-0.39, 0.29) is 35.0 Å². The molecule has 2 heterocycles. The normalized spacial score (nSPS) is 10.2. The lowest BCUT2D eigenvalue weighted by Crippen LogP contribution is -2.21. The number of nitrogens with two attached hydrogens (primary N) is 2. The number of carbonyl (C=O) groups excluding carboxylic acids is 1. The Kier molecular flexibility index (Phi) is 5.32. The van der Waals surface area contributed by atoms with E-state index in [1.165, 1.54) is 22.8 Å². The van der Waals surface area contributed by atoms with Gasteiger partial charge < -0.3 is 11.5 Å². The third-order valence-corrected chi connectivity index (χ3v) is 4.59. The number of aliphatic imine (C=N–C) groups is 1. The van der Waals surface area contributed by atoms with Crippen LogP contribution in [0.4, 0.5) is 14.7 Å². The first-order valence-corrected chi connectivity index (χ1v) is 8.06. The van der Waals surface area contributed by atoms with Crippen LogP contribution in [0.25, 0.3) is 10.2 Å². The quantitative estimate of drug-likeness (QED) is 0.472. The number of hydrogen-bond donors (Lipinski definition) is 3. The summed E-state index contributed by atoms with van der Waals surface area (Å²) >= 11 is 2.40. The highest BCUT2D eigenvalue weighted by atomic mass is 35.5. The first-order valence-electron chi connectivity index (χ1n) is 6.36. The van der Waals surface area contributed by atoms with Gasteiger partial charge in [0.15, 0.2) is 11.1 Å². The lowest BCUT2D eigenvalue weighted by molar-refractivity contribution is 0.102. The average Bonchev–Trinajstić information content (AvgIpc) is 3.09. The maximum atomic E-state index is 13.5. The molecule has 3 aromatic rings. The summed E-state index contributed by atoms with van der Waals surface area (Å²) in [4.78, 5) is 24.2. The molecule has 0 aliphatic carbocycles. The summed E-state index contributed by atoms with van der Waals surface area (Å²) in [6, 6.07) is 3.01. The van der Waals surface area contributed by atoms with Gasteiger partial charge in [-0.05, 0) is 19.1 Å². The van der Waals surface area contributed by atoms with Crippen molar-refractivity contribution in [3.8, 4) is 0 Å². The van der Waals surface area contributed by atoms with Gasteiger partial charge in [0.2, 0.25) is 5.13 Å². The van der Waals surface area contributed by atoms with E-state index in [1.807, 2.05) is 0 Å². The van der Waals surface area contributed by atoms with Crippen LogP contribution in [0.15, 0.2) is 22.5 Å². The minimum atomic E-state index is -0.435. The second kappa shape index (κ2) is 7.07. The van der Waals surface area contributed by atoms with Crippen LogP contribution in [0.2, 0.25) is 0 Å². The van der Waals surface area contributed by atoms with E-state index in [0.717, 1.165) is 16.0 Å². The molecule has 0 fully saturated rings. The summed E-state index contributed by atoms with van der Waals surface area (Å²) in [6.07, 6.45) is 0. The first kappa shape index (κ1) is 18.0. The topological polar surface area (TPSA) is 119 Å². The number of aryl methyl sites for hydroxylation is 1. The zero-order valence-corrected chi connectivity index (χ0v) is 14.7. The number of aromatic nitrogens is 2. The lowest BCUT2D eigenvalue weighted by Gasteiger charge is -1.97. The summed E-state index contributed by atoms with van der Waals surface area (Å²) in [5.41, 5.74) is 11.7. The number of guanidine groups is 1. The fourth-order valence-electron chi connectivity index (χ4n) is 1.85. The van der Waals surface area contributed by atoms with E-state index in [4.69, 9.17) is 11.5 Å². The van der Waals surface area contributed by atoms with Gasteiger partial charge in [0.05, 0.1) is 10.2 Å². The predicted octanol–water partition coefficient (Wildman–Crippen LogP) is 2.78. The second-order valence-corrected chi connectivity index (χ2v) is 6.41. The van der Waals surface area contributed by atoms with Gasteiger partial charge >= 0.3 is 0 Å². The molecule has 0 saturated heterocycles. The Morgan fingerprint density at radius 2 is 2.08 bits per heavy atom. The molecule has 0 atom stereocenters. The molecule has 5 N–H and O–H groups in total. The summed E-state index contributed by atoms with van der Waals surface area (Å²) in [5, 5.41) is 4.84. The van der Waals surface area contributed by atoms with Crippen LogP contribution in [-0.2, 0) is 0 Å². The van der Waals surface area contributed by atoms with Crippen LogP contribution < -0.4 is 16.8 Å². The number of nitrogens with one attached hydrogen (secondary N) is 1. The number of rotatable bonds is 3. The number of benzene rings is 1. The van der Waals surface area contributed by atoms with Crippen molar-refractivity contribution in [1.29, 1.82) is 0 Å². The molecule has 0 aliphatic rings. The number of fused-ring (bicyclic) bond motifs is 1. The van der Waals surface area contributed by atoms with E-state index in [2.05, 4.69) is 20.3 Å². The van der Waals surface area contributed by atoms with Crippen LogP contribution >= 0.6 is 35.1 Å². The number of anilines is 1. The number of thiazole rings is 2. The summed E-state index contributed by atoms with van der Waals surface area (Å²) < 4.78 is 14.3. The van der Waals surface area contributed by atoms with E-state index < -0.39 is 5.91 Å².